The van der Waals surface area contributed by atoms with Crippen LogP contribution in [0.25, 0.3) is 0 Å². The first-order chi connectivity index (χ1) is 7.96. The highest BCUT2D eigenvalue weighted by atomic mass is 19.4. The fraction of sp³-hybridized carbons (Fsp3) is 0.364. The van der Waals surface area contributed by atoms with Crippen molar-refractivity contribution < 1.29 is 18.0 Å². The predicted molar refractivity (Wildman–Crippen MR) is 55.1 cm³/mol. The molecule has 1 heterocycles. The van der Waals surface area contributed by atoms with Crippen molar-refractivity contribution in [3.63, 3.8) is 0 Å². The monoisotopic (exact) mass is 244 g/mol. The number of carbonyl (C=O) groups is 1. The van der Waals surface area contributed by atoms with Crippen molar-refractivity contribution >= 4 is 6.03 Å². The zero-order chi connectivity index (χ0) is 12.5. The molecule has 3 nitrogen and oxygen atoms in total. The van der Waals surface area contributed by atoms with E-state index in [1.807, 2.05) is 29.6 Å². The van der Waals surface area contributed by atoms with Gasteiger partial charge in [-0.15, -0.1) is 0 Å². The maximum Gasteiger partial charge on any atom is 0.405 e. The number of nitrogens with one attached hydrogen (secondary N) is 1. The molecule has 0 saturated carbocycles. The van der Waals surface area contributed by atoms with Crippen molar-refractivity contribution in [2.75, 3.05) is 6.54 Å². The normalized spacial score (nSPS) is 14.6. The molecule has 0 unspecified atom stereocenters. The Morgan fingerprint density at radius 3 is 2.24 bits per heavy atom. The summed E-state index contributed by atoms with van der Waals surface area (Å²) in [5.74, 6) is 0. The molecule has 0 atom stereocenters. The third-order valence-corrected chi connectivity index (χ3v) is 2.57. The first-order valence-corrected chi connectivity index (χ1v) is 5.12. The number of halogens is 3. The minimum absolute atomic E-state index is 0.361. The molecule has 2 rings (SSSR count). The van der Waals surface area contributed by atoms with Crippen LogP contribution in [-0.2, 0) is 13.1 Å². The number of rotatable bonds is 1. The fourth-order valence-corrected chi connectivity index (χ4v) is 1.76. The Labute approximate surface area is 96.2 Å². The molecule has 0 radical (unpaired) electrons. The highest BCUT2D eigenvalue weighted by Crippen LogP contribution is 2.22. The summed E-state index contributed by atoms with van der Waals surface area (Å²) >= 11 is 0. The molecule has 0 saturated heterocycles. The number of hydrogen-bond acceptors (Lipinski definition) is 1. The van der Waals surface area contributed by atoms with Gasteiger partial charge < -0.3 is 10.2 Å². The SMILES string of the molecule is O=C(NCC(F)(F)F)N1Cc2ccccc2C1. The van der Waals surface area contributed by atoms with Gasteiger partial charge in [-0.25, -0.2) is 4.79 Å². The minimum Gasteiger partial charge on any atom is -0.329 e. The number of nitrogens with zero attached hydrogens (tertiary/aromatic N) is 1. The Balaban J connectivity index is 1.92. The van der Waals surface area contributed by atoms with Crippen molar-refractivity contribution in [1.29, 1.82) is 0 Å². The van der Waals surface area contributed by atoms with E-state index in [-0.39, 0.29) is 0 Å². The van der Waals surface area contributed by atoms with E-state index in [9.17, 15) is 18.0 Å². The van der Waals surface area contributed by atoms with Crippen LogP contribution in [0, 0.1) is 0 Å². The van der Waals surface area contributed by atoms with E-state index < -0.39 is 18.8 Å². The first kappa shape index (κ1) is 11.8. The van der Waals surface area contributed by atoms with Crippen molar-refractivity contribution in [2.24, 2.45) is 0 Å². The van der Waals surface area contributed by atoms with Crippen molar-refractivity contribution in [1.82, 2.24) is 10.2 Å². The van der Waals surface area contributed by atoms with Gasteiger partial charge in [0.2, 0.25) is 0 Å². The molecular formula is C11H11F3N2O. The summed E-state index contributed by atoms with van der Waals surface area (Å²) < 4.78 is 35.8. The van der Waals surface area contributed by atoms with Crippen LogP contribution < -0.4 is 5.32 Å². The van der Waals surface area contributed by atoms with Gasteiger partial charge in [-0.3, -0.25) is 0 Å². The Kier molecular flexibility index (Phi) is 2.95. The highest BCUT2D eigenvalue weighted by molar-refractivity contribution is 5.75. The largest absolute Gasteiger partial charge is 0.405 e. The molecule has 0 spiro atoms. The molecule has 0 fully saturated rings. The number of alkyl halides is 3. The van der Waals surface area contributed by atoms with Crippen LogP contribution in [0.15, 0.2) is 24.3 Å². The van der Waals surface area contributed by atoms with Gasteiger partial charge in [-0.1, -0.05) is 24.3 Å². The number of hydrogen-bond donors (Lipinski definition) is 1. The highest BCUT2D eigenvalue weighted by Gasteiger charge is 2.30. The van der Waals surface area contributed by atoms with Crippen LogP contribution in [-0.4, -0.2) is 23.7 Å². The Morgan fingerprint density at radius 1 is 1.24 bits per heavy atom. The summed E-state index contributed by atoms with van der Waals surface area (Å²) in [6.45, 7) is -0.571. The van der Waals surface area contributed by atoms with E-state index in [0.717, 1.165) is 11.1 Å². The summed E-state index contributed by atoms with van der Waals surface area (Å²) in [6.07, 6.45) is -4.37. The standard InChI is InChI=1S/C11H11F3N2O/c12-11(13,14)7-15-10(17)16-5-8-3-1-2-4-9(8)6-16/h1-4H,5-7H2,(H,15,17). The van der Waals surface area contributed by atoms with Gasteiger partial charge in [-0.05, 0) is 11.1 Å². The molecule has 1 aliphatic heterocycles. The quantitative estimate of drug-likeness (QED) is 0.807. The zero-order valence-electron chi connectivity index (χ0n) is 8.92. The number of fused-ring (bicyclic) bond motifs is 1. The third-order valence-electron chi connectivity index (χ3n) is 2.57. The van der Waals surface area contributed by atoms with Crippen molar-refractivity contribution in [3.05, 3.63) is 35.4 Å². The van der Waals surface area contributed by atoms with E-state index in [1.54, 1.807) is 0 Å². The number of carbonyl (C=O) groups excluding carboxylic acids is 1. The topological polar surface area (TPSA) is 32.3 Å². The lowest BCUT2D eigenvalue weighted by Gasteiger charge is -2.17. The summed E-state index contributed by atoms with van der Waals surface area (Å²) in [6, 6.07) is 6.74. The van der Waals surface area contributed by atoms with E-state index in [4.69, 9.17) is 0 Å². The van der Waals surface area contributed by atoms with Gasteiger partial charge in [0.25, 0.3) is 0 Å². The fourth-order valence-electron chi connectivity index (χ4n) is 1.76. The molecular weight excluding hydrogens is 233 g/mol. The Bertz CT molecular complexity index is 406. The second-order valence-electron chi connectivity index (χ2n) is 3.90. The van der Waals surface area contributed by atoms with Crippen LogP contribution in [0.1, 0.15) is 11.1 Å². The molecule has 0 aromatic heterocycles. The molecule has 92 valence electrons. The summed E-state index contributed by atoms with van der Waals surface area (Å²) in [7, 11) is 0. The third kappa shape index (κ3) is 2.89. The molecule has 1 aromatic carbocycles. The lowest BCUT2D eigenvalue weighted by Crippen LogP contribution is -2.41. The van der Waals surface area contributed by atoms with Crippen LogP contribution in [0.5, 0.6) is 0 Å². The smallest absolute Gasteiger partial charge is 0.329 e. The van der Waals surface area contributed by atoms with Crippen molar-refractivity contribution in [3.8, 4) is 0 Å². The van der Waals surface area contributed by atoms with E-state index >= 15 is 0 Å². The summed E-state index contributed by atoms with van der Waals surface area (Å²) in [4.78, 5) is 12.8. The predicted octanol–water partition coefficient (Wildman–Crippen LogP) is 2.27. The molecule has 17 heavy (non-hydrogen) atoms. The van der Waals surface area contributed by atoms with Gasteiger partial charge in [0.05, 0.1) is 0 Å². The number of urea groups is 1. The van der Waals surface area contributed by atoms with E-state index in [0.29, 0.717) is 13.1 Å². The maximum absolute atomic E-state index is 11.9. The molecule has 1 aromatic rings. The van der Waals surface area contributed by atoms with Gasteiger partial charge >= 0.3 is 12.2 Å². The van der Waals surface area contributed by atoms with E-state index in [1.165, 1.54) is 4.90 Å². The van der Waals surface area contributed by atoms with E-state index in [2.05, 4.69) is 0 Å². The average molecular weight is 244 g/mol. The summed E-state index contributed by atoms with van der Waals surface area (Å²) in [5, 5.41) is 1.86. The van der Waals surface area contributed by atoms with Gasteiger partial charge in [0.15, 0.2) is 0 Å². The van der Waals surface area contributed by atoms with Crippen LogP contribution in [0.3, 0.4) is 0 Å². The van der Waals surface area contributed by atoms with Gasteiger partial charge in [-0.2, -0.15) is 13.2 Å². The van der Waals surface area contributed by atoms with Gasteiger partial charge in [0, 0.05) is 13.1 Å². The zero-order valence-corrected chi connectivity index (χ0v) is 8.92. The van der Waals surface area contributed by atoms with Crippen LogP contribution in [0.2, 0.25) is 0 Å². The summed E-state index contributed by atoms with van der Waals surface area (Å²) in [5.41, 5.74) is 1.96. The first-order valence-electron chi connectivity index (χ1n) is 5.12. The lowest BCUT2D eigenvalue weighted by molar-refractivity contribution is -0.123. The lowest BCUT2D eigenvalue weighted by atomic mass is 10.1. The minimum atomic E-state index is -4.37. The Hall–Kier alpha value is -1.72. The molecule has 0 aliphatic carbocycles. The molecule has 1 N–H and O–H groups in total. The number of benzene rings is 1. The van der Waals surface area contributed by atoms with Crippen molar-refractivity contribution in [2.45, 2.75) is 19.3 Å². The number of amides is 2. The molecule has 6 heteroatoms. The average Bonchev–Trinajstić information content (AvgIpc) is 2.68. The second-order valence-corrected chi connectivity index (χ2v) is 3.90. The molecule has 2 amide bonds. The van der Waals surface area contributed by atoms with Crippen LogP contribution in [0.4, 0.5) is 18.0 Å². The van der Waals surface area contributed by atoms with Gasteiger partial charge in [0.1, 0.15) is 6.54 Å². The second kappa shape index (κ2) is 4.27. The van der Waals surface area contributed by atoms with Crippen LogP contribution >= 0.6 is 0 Å². The molecule has 1 aliphatic rings. The maximum atomic E-state index is 11.9. The molecule has 0 bridgehead atoms. The Morgan fingerprint density at radius 2 is 1.76 bits per heavy atom.